The molecule has 0 aliphatic heterocycles. The van der Waals surface area contributed by atoms with Gasteiger partial charge in [-0.15, -0.1) is 0 Å². The van der Waals surface area contributed by atoms with Crippen molar-refractivity contribution in [2.24, 2.45) is 0 Å². The Labute approximate surface area is 267 Å². The van der Waals surface area contributed by atoms with E-state index in [0.717, 1.165) is 16.9 Å². The highest BCUT2D eigenvalue weighted by Crippen LogP contribution is 2.20. The zero-order chi connectivity index (χ0) is 32.9. The van der Waals surface area contributed by atoms with Crippen molar-refractivity contribution in [1.82, 2.24) is 4.90 Å². The van der Waals surface area contributed by atoms with Gasteiger partial charge in [-0.25, -0.2) is 4.79 Å². The van der Waals surface area contributed by atoms with Crippen LogP contribution in [-0.2, 0) is 22.6 Å². The first kappa shape index (κ1) is 33.3. The summed E-state index contributed by atoms with van der Waals surface area (Å²) < 4.78 is 16.1. The number of anilines is 1. The number of ether oxygens (including phenoxy) is 3. The summed E-state index contributed by atoms with van der Waals surface area (Å²) in [4.78, 5) is 50.6. The number of carbonyl (C=O) groups excluding carboxylic acids is 3. The fourth-order valence-electron chi connectivity index (χ4n) is 4.49. The van der Waals surface area contributed by atoms with Crippen LogP contribution in [0.1, 0.15) is 51.6 Å². The van der Waals surface area contributed by atoms with Crippen molar-refractivity contribution in [2.75, 3.05) is 25.6 Å². The molecule has 0 spiro atoms. The first-order valence-electron chi connectivity index (χ1n) is 14.8. The molecule has 0 fully saturated rings. The molecule has 0 saturated heterocycles. The SMILES string of the molecule is CCN(Cc1ccc(OC(=O)c2ccc(OCCCC(=O)O)cc2)cc1)C(=O)c1ccc(NC(=O)Cc2ccc(OC)cc2)cc1. The molecule has 4 aromatic carbocycles. The van der Waals surface area contributed by atoms with Crippen LogP contribution >= 0.6 is 0 Å². The molecule has 0 radical (unpaired) electrons. The highest BCUT2D eigenvalue weighted by atomic mass is 16.5. The molecule has 0 bridgehead atoms. The number of nitrogens with zero attached hydrogens (tertiary/aromatic N) is 1. The van der Waals surface area contributed by atoms with E-state index < -0.39 is 11.9 Å². The van der Waals surface area contributed by atoms with E-state index in [-0.39, 0.29) is 31.3 Å². The van der Waals surface area contributed by atoms with Crippen LogP contribution in [0.4, 0.5) is 5.69 Å². The van der Waals surface area contributed by atoms with Gasteiger partial charge in [0.15, 0.2) is 0 Å². The predicted octanol–water partition coefficient (Wildman–Crippen LogP) is 6.00. The zero-order valence-corrected chi connectivity index (χ0v) is 25.7. The van der Waals surface area contributed by atoms with E-state index in [1.54, 1.807) is 84.8 Å². The molecule has 46 heavy (non-hydrogen) atoms. The minimum absolute atomic E-state index is 0.0272. The summed E-state index contributed by atoms with van der Waals surface area (Å²) in [7, 11) is 1.59. The van der Waals surface area contributed by atoms with Crippen molar-refractivity contribution >= 4 is 29.4 Å². The zero-order valence-electron chi connectivity index (χ0n) is 25.7. The number of benzene rings is 4. The van der Waals surface area contributed by atoms with E-state index in [9.17, 15) is 19.2 Å². The molecule has 0 atom stereocenters. The van der Waals surface area contributed by atoms with Gasteiger partial charge in [0, 0.05) is 30.8 Å². The molecule has 238 valence electrons. The maximum atomic E-state index is 13.2. The average Bonchev–Trinajstić information content (AvgIpc) is 3.07. The quantitative estimate of drug-likeness (QED) is 0.0935. The number of hydrogen-bond acceptors (Lipinski definition) is 7. The van der Waals surface area contributed by atoms with Crippen LogP contribution in [0, 0.1) is 0 Å². The number of hydrogen-bond donors (Lipinski definition) is 2. The Balaban J connectivity index is 1.26. The fraction of sp³-hybridized carbons (Fsp3) is 0.222. The molecule has 10 nitrogen and oxygen atoms in total. The number of carboxylic acid groups (broad SMARTS) is 1. The van der Waals surface area contributed by atoms with Gasteiger partial charge in [-0.3, -0.25) is 14.4 Å². The Bertz CT molecular complexity index is 1620. The molecule has 4 aromatic rings. The van der Waals surface area contributed by atoms with Crippen molar-refractivity contribution in [3.8, 4) is 17.2 Å². The van der Waals surface area contributed by atoms with Crippen molar-refractivity contribution in [3.05, 3.63) is 119 Å². The van der Waals surface area contributed by atoms with Gasteiger partial charge >= 0.3 is 11.9 Å². The van der Waals surface area contributed by atoms with E-state index in [1.807, 2.05) is 31.2 Å². The van der Waals surface area contributed by atoms with Crippen LogP contribution in [0.5, 0.6) is 17.2 Å². The van der Waals surface area contributed by atoms with Gasteiger partial charge in [0.05, 0.1) is 25.7 Å². The first-order chi connectivity index (χ1) is 22.2. The topological polar surface area (TPSA) is 131 Å². The number of methoxy groups -OCH3 is 1. The van der Waals surface area contributed by atoms with Gasteiger partial charge in [0.25, 0.3) is 5.91 Å². The van der Waals surface area contributed by atoms with E-state index in [1.165, 1.54) is 0 Å². The van der Waals surface area contributed by atoms with Gasteiger partial charge in [0.1, 0.15) is 17.2 Å². The molecule has 0 aliphatic rings. The fourth-order valence-corrected chi connectivity index (χ4v) is 4.49. The molecular weight excluding hydrogens is 588 g/mol. The summed E-state index contributed by atoms with van der Waals surface area (Å²) in [6.45, 7) is 3.00. The van der Waals surface area contributed by atoms with Crippen molar-refractivity contribution in [2.45, 2.75) is 32.7 Å². The average molecular weight is 625 g/mol. The number of aliphatic carboxylic acids is 1. The van der Waals surface area contributed by atoms with Gasteiger partial charge in [0.2, 0.25) is 5.91 Å². The highest BCUT2D eigenvalue weighted by molar-refractivity contribution is 5.96. The Morgan fingerprint density at radius 3 is 1.93 bits per heavy atom. The van der Waals surface area contributed by atoms with Gasteiger partial charge in [-0.1, -0.05) is 24.3 Å². The van der Waals surface area contributed by atoms with E-state index in [2.05, 4.69) is 5.32 Å². The van der Waals surface area contributed by atoms with E-state index >= 15 is 0 Å². The summed E-state index contributed by atoms with van der Waals surface area (Å²) in [5.41, 5.74) is 3.16. The van der Waals surface area contributed by atoms with Crippen LogP contribution in [0.3, 0.4) is 0 Å². The lowest BCUT2D eigenvalue weighted by atomic mass is 10.1. The lowest BCUT2D eigenvalue weighted by Crippen LogP contribution is -2.30. The molecule has 0 saturated carbocycles. The summed E-state index contributed by atoms with van der Waals surface area (Å²) in [6, 6.07) is 27.5. The summed E-state index contributed by atoms with van der Waals surface area (Å²) in [5, 5.41) is 11.6. The molecule has 10 heteroatoms. The minimum Gasteiger partial charge on any atom is -0.497 e. The van der Waals surface area contributed by atoms with Gasteiger partial charge < -0.3 is 29.5 Å². The van der Waals surface area contributed by atoms with E-state index in [0.29, 0.717) is 47.8 Å². The molecule has 2 amide bonds. The number of carboxylic acids is 1. The van der Waals surface area contributed by atoms with Crippen LogP contribution in [0.25, 0.3) is 0 Å². The third-order valence-corrected chi connectivity index (χ3v) is 7.01. The summed E-state index contributed by atoms with van der Waals surface area (Å²) in [5.74, 6) is -0.101. The first-order valence-corrected chi connectivity index (χ1v) is 14.8. The molecule has 0 unspecified atom stereocenters. The molecule has 0 aliphatic carbocycles. The summed E-state index contributed by atoms with van der Waals surface area (Å²) >= 11 is 0. The van der Waals surface area contributed by atoms with Crippen LogP contribution in [-0.4, -0.2) is 54.0 Å². The van der Waals surface area contributed by atoms with Crippen LogP contribution in [0.15, 0.2) is 97.1 Å². The Kier molecular flexibility index (Phi) is 11.9. The molecular formula is C36H36N2O8. The van der Waals surface area contributed by atoms with Crippen LogP contribution < -0.4 is 19.5 Å². The maximum absolute atomic E-state index is 13.2. The van der Waals surface area contributed by atoms with Gasteiger partial charge in [-0.05, 0) is 97.3 Å². The molecule has 2 N–H and O–H groups in total. The number of nitrogens with one attached hydrogen (secondary N) is 1. The Hall–Kier alpha value is -5.64. The lowest BCUT2D eigenvalue weighted by Gasteiger charge is -2.21. The second-order valence-electron chi connectivity index (χ2n) is 10.4. The number of rotatable bonds is 15. The summed E-state index contributed by atoms with van der Waals surface area (Å²) in [6.07, 6.45) is 0.632. The Morgan fingerprint density at radius 1 is 0.739 bits per heavy atom. The van der Waals surface area contributed by atoms with Crippen LogP contribution in [0.2, 0.25) is 0 Å². The number of amides is 2. The second-order valence-corrected chi connectivity index (χ2v) is 10.4. The lowest BCUT2D eigenvalue weighted by molar-refractivity contribution is -0.137. The molecule has 0 aromatic heterocycles. The molecule has 4 rings (SSSR count). The standard InChI is InChI=1S/C36H36N2O8/c1-3-38(35(42)27-10-14-29(15-11-27)37-33(39)23-25-6-16-30(44-2)17-7-25)24-26-8-18-32(19-9-26)46-36(43)28-12-20-31(21-13-28)45-22-4-5-34(40)41/h6-21H,3-5,22-24H2,1-2H3,(H,37,39)(H,40,41). The monoisotopic (exact) mass is 624 g/mol. The highest BCUT2D eigenvalue weighted by Gasteiger charge is 2.16. The molecule has 0 heterocycles. The van der Waals surface area contributed by atoms with Gasteiger partial charge in [-0.2, -0.15) is 0 Å². The second kappa shape index (κ2) is 16.4. The largest absolute Gasteiger partial charge is 0.497 e. The smallest absolute Gasteiger partial charge is 0.343 e. The number of esters is 1. The normalized spacial score (nSPS) is 10.5. The predicted molar refractivity (Wildman–Crippen MR) is 172 cm³/mol. The minimum atomic E-state index is -0.876. The Morgan fingerprint density at radius 2 is 1.33 bits per heavy atom. The third-order valence-electron chi connectivity index (χ3n) is 7.01. The third kappa shape index (κ3) is 9.95. The number of carbonyl (C=O) groups is 4. The maximum Gasteiger partial charge on any atom is 0.343 e. The van der Waals surface area contributed by atoms with E-state index in [4.69, 9.17) is 19.3 Å². The van der Waals surface area contributed by atoms with Crippen molar-refractivity contribution < 1.29 is 38.5 Å². The van der Waals surface area contributed by atoms with Crippen molar-refractivity contribution in [1.29, 1.82) is 0 Å². The van der Waals surface area contributed by atoms with Crippen molar-refractivity contribution in [3.63, 3.8) is 0 Å².